The first kappa shape index (κ1) is 13.1. The van der Waals surface area contributed by atoms with E-state index in [4.69, 9.17) is 5.73 Å². The number of aromatic nitrogens is 1. The Kier molecular flexibility index (Phi) is 3.22. The Hall–Kier alpha value is -1.88. The second kappa shape index (κ2) is 4.90. The van der Waals surface area contributed by atoms with Crippen molar-refractivity contribution in [2.45, 2.75) is 32.6 Å². The van der Waals surface area contributed by atoms with Crippen molar-refractivity contribution in [3.63, 3.8) is 0 Å². The van der Waals surface area contributed by atoms with Gasteiger partial charge in [0.05, 0.1) is 11.6 Å². The topological polar surface area (TPSA) is 68.0 Å². The Labute approximate surface area is 122 Å². The number of hydrogen-bond donors (Lipinski definition) is 2. The zero-order chi connectivity index (χ0) is 14.3. The zero-order valence-corrected chi connectivity index (χ0v) is 12.4. The maximum atomic E-state index is 12.0. The van der Waals surface area contributed by atoms with Gasteiger partial charge in [0.1, 0.15) is 0 Å². The van der Waals surface area contributed by atoms with Gasteiger partial charge in [-0.05, 0) is 36.1 Å². The summed E-state index contributed by atoms with van der Waals surface area (Å²) in [6.07, 6.45) is 1.69. The molecule has 1 aromatic carbocycles. The average Bonchev–Trinajstić information content (AvgIpc) is 3.00. The monoisotopic (exact) mass is 287 g/mol. The number of hydrogen-bond acceptors (Lipinski definition) is 4. The molecule has 20 heavy (non-hydrogen) atoms. The normalized spacial score (nSPS) is 17.1. The Morgan fingerprint density at radius 3 is 2.80 bits per heavy atom. The fourth-order valence-electron chi connectivity index (χ4n) is 2.76. The van der Waals surface area contributed by atoms with Crippen molar-refractivity contribution in [1.82, 2.24) is 4.98 Å². The number of nitrogens with two attached hydrogens (primary N) is 1. The molecule has 1 aliphatic heterocycles. The fraction of sp³-hybridized carbons (Fsp3) is 0.333. The van der Waals surface area contributed by atoms with E-state index in [1.807, 2.05) is 12.3 Å². The van der Waals surface area contributed by atoms with Crippen LogP contribution in [0.3, 0.4) is 0 Å². The van der Waals surface area contributed by atoms with Gasteiger partial charge < -0.3 is 11.1 Å². The summed E-state index contributed by atoms with van der Waals surface area (Å²) in [6, 6.07) is 4.18. The predicted octanol–water partition coefficient (Wildman–Crippen LogP) is 3.40. The standard InChI is InChI=1S/C15H17N3OS/c1-3-8-5-9(12-7-20-15(16)17-12)6-11-10(4-2)14(19)18-13(8)11/h5-7,10H,3-4H2,1-2H3,(H2,16,17)(H,18,19). The van der Waals surface area contributed by atoms with E-state index < -0.39 is 0 Å². The Morgan fingerprint density at radius 1 is 1.40 bits per heavy atom. The molecule has 1 atom stereocenters. The molecule has 0 fully saturated rings. The second-order valence-electron chi connectivity index (χ2n) is 4.97. The van der Waals surface area contributed by atoms with Gasteiger partial charge in [-0.3, -0.25) is 4.79 Å². The van der Waals surface area contributed by atoms with Gasteiger partial charge in [0.2, 0.25) is 5.91 Å². The molecule has 1 amide bonds. The van der Waals surface area contributed by atoms with E-state index >= 15 is 0 Å². The van der Waals surface area contributed by atoms with E-state index in [-0.39, 0.29) is 11.8 Å². The molecular formula is C15H17N3OS. The molecule has 0 spiro atoms. The van der Waals surface area contributed by atoms with Crippen molar-refractivity contribution in [1.29, 1.82) is 0 Å². The molecule has 5 heteroatoms. The molecule has 0 aliphatic carbocycles. The highest BCUT2D eigenvalue weighted by atomic mass is 32.1. The number of amides is 1. The van der Waals surface area contributed by atoms with Gasteiger partial charge >= 0.3 is 0 Å². The lowest BCUT2D eigenvalue weighted by atomic mass is 9.93. The molecule has 3 N–H and O–H groups in total. The number of benzene rings is 1. The van der Waals surface area contributed by atoms with Crippen molar-refractivity contribution < 1.29 is 4.79 Å². The summed E-state index contributed by atoms with van der Waals surface area (Å²) in [5, 5.41) is 5.55. The number of rotatable bonds is 3. The molecule has 0 saturated carbocycles. The quantitative estimate of drug-likeness (QED) is 0.909. The third-order valence-corrected chi connectivity index (χ3v) is 4.47. The summed E-state index contributed by atoms with van der Waals surface area (Å²) in [5.74, 6) is 0.0541. The SMILES string of the molecule is CCc1cc(-c2csc(N)n2)cc2c1NC(=O)C2CC. The average molecular weight is 287 g/mol. The minimum Gasteiger partial charge on any atom is -0.375 e. The van der Waals surface area contributed by atoms with Crippen LogP contribution in [0.15, 0.2) is 17.5 Å². The zero-order valence-electron chi connectivity index (χ0n) is 11.6. The van der Waals surface area contributed by atoms with Crippen LogP contribution in [0, 0.1) is 0 Å². The highest BCUT2D eigenvalue weighted by molar-refractivity contribution is 7.13. The van der Waals surface area contributed by atoms with Crippen LogP contribution in [0.5, 0.6) is 0 Å². The van der Waals surface area contributed by atoms with Gasteiger partial charge in [-0.2, -0.15) is 0 Å². The number of nitrogens with zero attached hydrogens (tertiary/aromatic N) is 1. The van der Waals surface area contributed by atoms with Crippen LogP contribution in [0.2, 0.25) is 0 Å². The van der Waals surface area contributed by atoms with Gasteiger partial charge in [0.25, 0.3) is 0 Å². The summed E-state index contributed by atoms with van der Waals surface area (Å²) in [7, 11) is 0. The molecule has 4 nitrogen and oxygen atoms in total. The Morgan fingerprint density at radius 2 is 2.20 bits per heavy atom. The summed E-state index contributed by atoms with van der Waals surface area (Å²) in [5.41, 5.74) is 10.9. The van der Waals surface area contributed by atoms with Crippen LogP contribution in [-0.4, -0.2) is 10.9 Å². The molecule has 1 unspecified atom stereocenters. The number of nitrogen functional groups attached to an aromatic ring is 1. The molecule has 1 aliphatic rings. The molecule has 3 rings (SSSR count). The first-order valence-corrected chi connectivity index (χ1v) is 7.71. The van der Waals surface area contributed by atoms with Crippen LogP contribution >= 0.6 is 11.3 Å². The lowest BCUT2D eigenvalue weighted by molar-refractivity contribution is -0.117. The number of thiazole rings is 1. The number of carbonyl (C=O) groups excluding carboxylic acids is 1. The van der Waals surface area contributed by atoms with Crippen molar-refractivity contribution in [2.75, 3.05) is 11.1 Å². The van der Waals surface area contributed by atoms with Gasteiger partial charge in [0.15, 0.2) is 5.13 Å². The van der Waals surface area contributed by atoms with Crippen LogP contribution in [-0.2, 0) is 11.2 Å². The van der Waals surface area contributed by atoms with E-state index in [0.717, 1.165) is 40.9 Å². The molecular weight excluding hydrogens is 270 g/mol. The van der Waals surface area contributed by atoms with Crippen molar-refractivity contribution in [3.05, 3.63) is 28.6 Å². The van der Waals surface area contributed by atoms with E-state index in [1.165, 1.54) is 11.3 Å². The summed E-state index contributed by atoms with van der Waals surface area (Å²) in [4.78, 5) is 16.4. The maximum Gasteiger partial charge on any atom is 0.232 e. The number of anilines is 2. The van der Waals surface area contributed by atoms with Crippen molar-refractivity contribution in [2.24, 2.45) is 0 Å². The van der Waals surface area contributed by atoms with E-state index in [9.17, 15) is 4.79 Å². The highest BCUT2D eigenvalue weighted by Crippen LogP contribution is 2.40. The first-order valence-electron chi connectivity index (χ1n) is 6.83. The maximum absolute atomic E-state index is 12.0. The first-order chi connectivity index (χ1) is 9.63. The fourth-order valence-corrected chi connectivity index (χ4v) is 3.33. The smallest absolute Gasteiger partial charge is 0.232 e. The molecule has 104 valence electrons. The van der Waals surface area contributed by atoms with Crippen LogP contribution in [0.4, 0.5) is 10.8 Å². The van der Waals surface area contributed by atoms with Crippen molar-refractivity contribution in [3.8, 4) is 11.3 Å². The number of fused-ring (bicyclic) bond motifs is 1. The van der Waals surface area contributed by atoms with E-state index in [1.54, 1.807) is 0 Å². The van der Waals surface area contributed by atoms with Gasteiger partial charge in [-0.1, -0.05) is 13.8 Å². The minimum atomic E-state index is -0.0498. The van der Waals surface area contributed by atoms with Crippen LogP contribution in [0.1, 0.15) is 37.3 Å². The summed E-state index contributed by atoms with van der Waals surface area (Å²) < 4.78 is 0. The van der Waals surface area contributed by atoms with Crippen molar-refractivity contribution >= 4 is 28.1 Å². The largest absolute Gasteiger partial charge is 0.375 e. The molecule has 2 heterocycles. The number of nitrogens with one attached hydrogen (secondary N) is 1. The minimum absolute atomic E-state index is 0.0498. The number of aryl methyl sites for hydroxylation is 1. The van der Waals surface area contributed by atoms with E-state index in [2.05, 4.69) is 29.4 Å². The number of carbonyl (C=O) groups is 1. The summed E-state index contributed by atoms with van der Waals surface area (Å²) in [6.45, 7) is 4.14. The Balaban J connectivity index is 2.16. The van der Waals surface area contributed by atoms with Gasteiger partial charge in [-0.25, -0.2) is 4.98 Å². The third-order valence-electron chi connectivity index (χ3n) is 3.80. The molecule has 2 aromatic rings. The van der Waals surface area contributed by atoms with Gasteiger partial charge in [-0.15, -0.1) is 11.3 Å². The van der Waals surface area contributed by atoms with Gasteiger partial charge in [0, 0.05) is 16.6 Å². The van der Waals surface area contributed by atoms with E-state index in [0.29, 0.717) is 5.13 Å². The second-order valence-corrected chi connectivity index (χ2v) is 5.86. The molecule has 1 aromatic heterocycles. The third kappa shape index (κ3) is 1.98. The van der Waals surface area contributed by atoms with Crippen LogP contribution in [0.25, 0.3) is 11.3 Å². The highest BCUT2D eigenvalue weighted by Gasteiger charge is 2.31. The predicted molar refractivity (Wildman–Crippen MR) is 83.0 cm³/mol. The summed E-state index contributed by atoms with van der Waals surface area (Å²) >= 11 is 1.44. The molecule has 0 radical (unpaired) electrons. The molecule has 0 saturated heterocycles. The van der Waals surface area contributed by atoms with Crippen LogP contribution < -0.4 is 11.1 Å². The Bertz CT molecular complexity index is 678. The molecule has 0 bridgehead atoms. The lowest BCUT2D eigenvalue weighted by Crippen LogP contribution is -2.10. The lowest BCUT2D eigenvalue weighted by Gasteiger charge is -2.10.